The molecule has 1 aliphatic heterocycles. The fraction of sp³-hybridized carbons (Fsp3) is 0.625. The van der Waals surface area contributed by atoms with Crippen molar-refractivity contribution >= 4 is 0 Å². The van der Waals surface area contributed by atoms with Crippen LogP contribution in [0.5, 0.6) is 5.75 Å². The second kappa shape index (κ2) is 4.27. The number of hydrogen-bond acceptors (Lipinski definition) is 2. The molecular weight excluding hydrogens is 222 g/mol. The molecule has 0 radical (unpaired) electrons. The third-order valence-electron chi connectivity index (χ3n) is 4.11. The summed E-state index contributed by atoms with van der Waals surface area (Å²) < 4.78 is 0. The van der Waals surface area contributed by atoms with Crippen molar-refractivity contribution in [2.45, 2.75) is 58.4 Å². The molecular formula is C16H25NO. The SMILES string of the molecule is Cc1cc(C(C)(C)C)c(O)cc1C1(C)CCCN1. The first-order valence-corrected chi connectivity index (χ1v) is 6.84. The first kappa shape index (κ1) is 13.4. The van der Waals surface area contributed by atoms with Gasteiger partial charge in [-0.15, -0.1) is 0 Å². The summed E-state index contributed by atoms with van der Waals surface area (Å²) in [5, 5.41) is 13.9. The van der Waals surface area contributed by atoms with Crippen molar-refractivity contribution in [3.63, 3.8) is 0 Å². The number of hydrogen-bond donors (Lipinski definition) is 2. The molecule has 1 aromatic carbocycles. The van der Waals surface area contributed by atoms with Crippen molar-refractivity contribution in [1.82, 2.24) is 5.32 Å². The van der Waals surface area contributed by atoms with Crippen LogP contribution < -0.4 is 5.32 Å². The Bertz CT molecular complexity index is 451. The molecule has 1 fully saturated rings. The van der Waals surface area contributed by atoms with Crippen LogP contribution in [0.3, 0.4) is 0 Å². The van der Waals surface area contributed by atoms with E-state index in [-0.39, 0.29) is 11.0 Å². The molecule has 1 saturated heterocycles. The van der Waals surface area contributed by atoms with E-state index in [2.05, 4.69) is 46.0 Å². The lowest BCUT2D eigenvalue weighted by atomic mass is 9.80. The average Bonchev–Trinajstić information content (AvgIpc) is 2.67. The standard InChI is InChI=1S/C16H25NO/c1-11-9-13(15(2,3)4)14(18)10-12(11)16(5)7-6-8-17-16/h9-10,17-18H,6-8H2,1-5H3. The highest BCUT2D eigenvalue weighted by Gasteiger charge is 2.32. The van der Waals surface area contributed by atoms with Crippen molar-refractivity contribution in [3.05, 3.63) is 28.8 Å². The quantitative estimate of drug-likeness (QED) is 0.794. The van der Waals surface area contributed by atoms with Crippen LogP contribution in [-0.2, 0) is 11.0 Å². The minimum absolute atomic E-state index is 0.0165. The highest BCUT2D eigenvalue weighted by Crippen LogP contribution is 2.39. The molecule has 0 spiro atoms. The van der Waals surface area contributed by atoms with E-state index in [1.807, 2.05) is 6.07 Å². The van der Waals surface area contributed by atoms with Gasteiger partial charge in [-0.1, -0.05) is 26.8 Å². The van der Waals surface area contributed by atoms with Gasteiger partial charge in [0.15, 0.2) is 0 Å². The van der Waals surface area contributed by atoms with Crippen LogP contribution in [0.15, 0.2) is 12.1 Å². The van der Waals surface area contributed by atoms with Gasteiger partial charge in [0.1, 0.15) is 5.75 Å². The lowest BCUT2D eigenvalue weighted by Crippen LogP contribution is -2.34. The maximum Gasteiger partial charge on any atom is 0.119 e. The molecule has 2 rings (SSSR count). The zero-order chi connectivity index (χ0) is 13.6. The molecule has 100 valence electrons. The molecule has 0 amide bonds. The summed E-state index contributed by atoms with van der Waals surface area (Å²) in [6.45, 7) is 11.9. The zero-order valence-electron chi connectivity index (χ0n) is 12.2. The van der Waals surface area contributed by atoms with Crippen LogP contribution in [0.4, 0.5) is 0 Å². The molecule has 0 aliphatic carbocycles. The summed E-state index contributed by atoms with van der Waals surface area (Å²) in [5.41, 5.74) is 3.56. The molecule has 1 unspecified atom stereocenters. The van der Waals surface area contributed by atoms with Gasteiger partial charge in [0.2, 0.25) is 0 Å². The largest absolute Gasteiger partial charge is 0.508 e. The van der Waals surface area contributed by atoms with E-state index in [9.17, 15) is 5.11 Å². The molecule has 1 aromatic rings. The fourth-order valence-electron chi connectivity index (χ4n) is 3.02. The molecule has 18 heavy (non-hydrogen) atoms. The molecule has 2 heteroatoms. The molecule has 1 heterocycles. The predicted octanol–water partition coefficient (Wildman–Crippen LogP) is 3.60. The van der Waals surface area contributed by atoms with Gasteiger partial charge in [0, 0.05) is 5.54 Å². The van der Waals surface area contributed by atoms with Crippen molar-refractivity contribution in [3.8, 4) is 5.75 Å². The van der Waals surface area contributed by atoms with Gasteiger partial charge >= 0.3 is 0 Å². The first-order chi connectivity index (χ1) is 8.24. The Morgan fingerprint density at radius 3 is 2.44 bits per heavy atom. The highest BCUT2D eigenvalue weighted by atomic mass is 16.3. The molecule has 0 saturated carbocycles. The second-order valence-corrected chi connectivity index (χ2v) is 6.80. The summed E-state index contributed by atoms with van der Waals surface area (Å²) >= 11 is 0. The van der Waals surface area contributed by atoms with Crippen molar-refractivity contribution in [2.75, 3.05) is 6.54 Å². The topological polar surface area (TPSA) is 32.3 Å². The van der Waals surface area contributed by atoms with E-state index >= 15 is 0 Å². The number of phenols is 1. The van der Waals surface area contributed by atoms with Gasteiger partial charge < -0.3 is 10.4 Å². The van der Waals surface area contributed by atoms with E-state index in [1.165, 1.54) is 17.5 Å². The van der Waals surface area contributed by atoms with Gasteiger partial charge in [0.25, 0.3) is 0 Å². The van der Waals surface area contributed by atoms with Crippen LogP contribution in [0.25, 0.3) is 0 Å². The monoisotopic (exact) mass is 247 g/mol. The molecule has 1 atom stereocenters. The van der Waals surface area contributed by atoms with E-state index in [0.29, 0.717) is 5.75 Å². The Morgan fingerprint density at radius 1 is 1.28 bits per heavy atom. The van der Waals surface area contributed by atoms with Crippen molar-refractivity contribution in [1.29, 1.82) is 0 Å². The Labute approximate surface area is 110 Å². The van der Waals surface area contributed by atoms with Gasteiger partial charge in [0.05, 0.1) is 0 Å². The van der Waals surface area contributed by atoms with Crippen LogP contribution >= 0.6 is 0 Å². The second-order valence-electron chi connectivity index (χ2n) is 6.80. The lowest BCUT2D eigenvalue weighted by Gasteiger charge is -2.29. The highest BCUT2D eigenvalue weighted by molar-refractivity contribution is 5.47. The number of aryl methyl sites for hydroxylation is 1. The summed E-state index contributed by atoms with van der Waals surface area (Å²) in [6, 6.07) is 4.12. The molecule has 0 bridgehead atoms. The molecule has 0 aromatic heterocycles. The third kappa shape index (κ3) is 2.26. The van der Waals surface area contributed by atoms with Crippen LogP contribution in [0.1, 0.15) is 57.2 Å². The van der Waals surface area contributed by atoms with Crippen molar-refractivity contribution < 1.29 is 5.11 Å². The maximum absolute atomic E-state index is 10.3. The normalized spacial score (nSPS) is 24.5. The summed E-state index contributed by atoms with van der Waals surface area (Å²) in [4.78, 5) is 0. The third-order valence-corrected chi connectivity index (χ3v) is 4.11. The number of aromatic hydroxyl groups is 1. The molecule has 2 N–H and O–H groups in total. The average molecular weight is 247 g/mol. The van der Waals surface area contributed by atoms with Gasteiger partial charge in [-0.25, -0.2) is 0 Å². The van der Waals surface area contributed by atoms with Crippen LogP contribution in [-0.4, -0.2) is 11.7 Å². The lowest BCUT2D eigenvalue weighted by molar-refractivity contribution is 0.416. The number of benzene rings is 1. The van der Waals surface area contributed by atoms with Gasteiger partial charge in [-0.3, -0.25) is 0 Å². The fourth-order valence-corrected chi connectivity index (χ4v) is 3.02. The number of nitrogens with one attached hydrogen (secondary N) is 1. The molecule has 2 nitrogen and oxygen atoms in total. The van der Waals surface area contributed by atoms with Gasteiger partial charge in [-0.05, 0) is 61.4 Å². The Kier molecular flexibility index (Phi) is 3.18. The predicted molar refractivity (Wildman–Crippen MR) is 76.1 cm³/mol. The number of rotatable bonds is 1. The van der Waals surface area contributed by atoms with Crippen LogP contribution in [0.2, 0.25) is 0 Å². The van der Waals surface area contributed by atoms with E-state index in [0.717, 1.165) is 18.5 Å². The first-order valence-electron chi connectivity index (χ1n) is 6.84. The minimum Gasteiger partial charge on any atom is -0.508 e. The van der Waals surface area contributed by atoms with Crippen LogP contribution in [0, 0.1) is 6.92 Å². The maximum atomic E-state index is 10.3. The summed E-state index contributed by atoms with van der Waals surface area (Å²) in [6.07, 6.45) is 2.35. The summed E-state index contributed by atoms with van der Waals surface area (Å²) in [5.74, 6) is 0.429. The zero-order valence-corrected chi connectivity index (χ0v) is 12.2. The number of phenolic OH excluding ortho intramolecular Hbond substituents is 1. The summed E-state index contributed by atoms with van der Waals surface area (Å²) in [7, 11) is 0. The van der Waals surface area contributed by atoms with Gasteiger partial charge in [-0.2, -0.15) is 0 Å². The molecule has 1 aliphatic rings. The minimum atomic E-state index is -0.0165. The van der Waals surface area contributed by atoms with E-state index in [4.69, 9.17) is 0 Å². The Hall–Kier alpha value is -1.02. The Morgan fingerprint density at radius 2 is 1.94 bits per heavy atom. The van der Waals surface area contributed by atoms with Crippen molar-refractivity contribution in [2.24, 2.45) is 0 Å². The van der Waals surface area contributed by atoms with E-state index in [1.54, 1.807) is 0 Å². The Balaban J connectivity index is 2.50. The smallest absolute Gasteiger partial charge is 0.119 e. The van der Waals surface area contributed by atoms with E-state index < -0.39 is 0 Å².